The van der Waals surface area contributed by atoms with Gasteiger partial charge in [0, 0.05) is 19.5 Å². The molecule has 0 saturated heterocycles. The fraction of sp³-hybridized carbons (Fsp3) is 0.143. The van der Waals surface area contributed by atoms with Crippen LogP contribution in [0.25, 0.3) is 5.57 Å². The van der Waals surface area contributed by atoms with Gasteiger partial charge in [-0.1, -0.05) is 36.1 Å². The molecule has 0 spiro atoms. The number of hydrogen-bond donors (Lipinski definition) is 2. The molecular weight excluding hydrogens is 256 g/mol. The van der Waals surface area contributed by atoms with E-state index < -0.39 is 0 Å². The summed E-state index contributed by atoms with van der Waals surface area (Å²) < 4.78 is 0. The SMILES string of the molecule is C=C/C(=C\C=C1\C=NC(NC)=CC1)c1cnc(N)s1. The predicted octanol–water partition coefficient (Wildman–Crippen LogP) is 2.76. The summed E-state index contributed by atoms with van der Waals surface area (Å²) in [6, 6.07) is 0. The summed E-state index contributed by atoms with van der Waals surface area (Å²) in [5.74, 6) is 0.903. The molecule has 0 fully saturated rings. The summed E-state index contributed by atoms with van der Waals surface area (Å²) in [5.41, 5.74) is 7.80. The first-order valence-electron chi connectivity index (χ1n) is 5.90. The maximum absolute atomic E-state index is 5.64. The molecule has 1 aromatic heterocycles. The second-order valence-corrected chi connectivity index (χ2v) is 4.99. The third kappa shape index (κ3) is 3.42. The molecule has 1 aliphatic rings. The lowest BCUT2D eigenvalue weighted by Gasteiger charge is -2.07. The van der Waals surface area contributed by atoms with E-state index in [4.69, 9.17) is 5.73 Å². The van der Waals surface area contributed by atoms with Gasteiger partial charge in [-0.3, -0.25) is 0 Å². The van der Waals surface area contributed by atoms with Crippen molar-refractivity contribution in [2.75, 3.05) is 12.8 Å². The molecule has 0 bridgehead atoms. The van der Waals surface area contributed by atoms with Crippen LogP contribution in [-0.2, 0) is 0 Å². The summed E-state index contributed by atoms with van der Waals surface area (Å²) in [6.07, 6.45) is 12.4. The fourth-order valence-corrected chi connectivity index (χ4v) is 2.32. The molecule has 1 aromatic rings. The lowest BCUT2D eigenvalue weighted by molar-refractivity contribution is 0.942. The normalized spacial score (nSPS) is 17.4. The van der Waals surface area contributed by atoms with Gasteiger partial charge in [0.05, 0.1) is 4.88 Å². The van der Waals surface area contributed by atoms with Crippen LogP contribution in [0.2, 0.25) is 0 Å². The van der Waals surface area contributed by atoms with Gasteiger partial charge in [-0.25, -0.2) is 9.98 Å². The molecule has 19 heavy (non-hydrogen) atoms. The lowest BCUT2D eigenvalue weighted by Crippen LogP contribution is -2.06. The zero-order chi connectivity index (χ0) is 13.7. The summed E-state index contributed by atoms with van der Waals surface area (Å²) in [4.78, 5) is 9.34. The van der Waals surface area contributed by atoms with Crippen LogP contribution in [0.1, 0.15) is 11.3 Å². The number of aliphatic imine (C=N–C) groups is 1. The predicted molar refractivity (Wildman–Crippen MR) is 83.0 cm³/mol. The molecule has 0 aliphatic carbocycles. The lowest BCUT2D eigenvalue weighted by atomic mass is 10.1. The maximum Gasteiger partial charge on any atom is 0.180 e. The highest BCUT2D eigenvalue weighted by molar-refractivity contribution is 7.16. The van der Waals surface area contributed by atoms with Crippen molar-refractivity contribution in [3.63, 3.8) is 0 Å². The fourth-order valence-electron chi connectivity index (χ4n) is 1.62. The Hall–Kier alpha value is -2.14. The number of nitrogens with one attached hydrogen (secondary N) is 1. The van der Waals surface area contributed by atoms with Crippen molar-refractivity contribution in [2.24, 2.45) is 4.99 Å². The Labute approximate surface area is 116 Å². The van der Waals surface area contributed by atoms with E-state index >= 15 is 0 Å². The van der Waals surface area contributed by atoms with Gasteiger partial charge in [-0.2, -0.15) is 0 Å². The second kappa shape index (κ2) is 6.15. The van der Waals surface area contributed by atoms with Crippen LogP contribution in [0.3, 0.4) is 0 Å². The minimum absolute atomic E-state index is 0.566. The third-order valence-electron chi connectivity index (χ3n) is 2.66. The largest absolute Gasteiger partial charge is 0.375 e. The number of aromatic nitrogens is 1. The second-order valence-electron chi connectivity index (χ2n) is 3.93. The summed E-state index contributed by atoms with van der Waals surface area (Å²) in [5, 5.41) is 3.58. The van der Waals surface area contributed by atoms with Crippen molar-refractivity contribution < 1.29 is 0 Å². The molecule has 0 atom stereocenters. The van der Waals surface area contributed by atoms with E-state index in [1.54, 1.807) is 12.3 Å². The Bertz CT molecular complexity index is 590. The van der Waals surface area contributed by atoms with Crippen molar-refractivity contribution >= 4 is 28.3 Å². The van der Waals surface area contributed by atoms with Crippen LogP contribution in [0, 0.1) is 0 Å². The molecular formula is C14H16N4S. The highest BCUT2D eigenvalue weighted by Gasteiger charge is 2.03. The van der Waals surface area contributed by atoms with Crippen molar-refractivity contribution in [3.05, 3.63) is 53.4 Å². The number of rotatable bonds is 4. The number of hydrogen-bond acceptors (Lipinski definition) is 5. The number of thiazole rings is 1. The standard InChI is InChI=1S/C14H16N4S/c1-3-11(12-9-18-14(15)19-12)6-4-10-5-7-13(16-2)17-8-10/h3-4,6-9,16H,1,5H2,2H3,(H2,15,18)/b10-4+,11-6+. The van der Waals surface area contributed by atoms with Crippen LogP contribution in [0.4, 0.5) is 5.13 Å². The molecule has 1 aliphatic heterocycles. The minimum Gasteiger partial charge on any atom is -0.375 e. The van der Waals surface area contributed by atoms with Crippen LogP contribution >= 0.6 is 11.3 Å². The molecule has 0 amide bonds. The Morgan fingerprint density at radius 3 is 2.95 bits per heavy atom. The molecule has 2 heterocycles. The monoisotopic (exact) mass is 272 g/mol. The number of nitrogens with two attached hydrogens (primary N) is 1. The highest BCUT2D eigenvalue weighted by atomic mass is 32.1. The number of anilines is 1. The Morgan fingerprint density at radius 2 is 2.42 bits per heavy atom. The van der Waals surface area contributed by atoms with E-state index in [1.165, 1.54) is 11.3 Å². The van der Waals surface area contributed by atoms with E-state index in [-0.39, 0.29) is 0 Å². The minimum atomic E-state index is 0.566. The van der Waals surface area contributed by atoms with Gasteiger partial charge in [0.1, 0.15) is 5.82 Å². The Balaban J connectivity index is 2.15. The van der Waals surface area contributed by atoms with Crippen molar-refractivity contribution in [2.45, 2.75) is 6.42 Å². The van der Waals surface area contributed by atoms with Gasteiger partial charge in [0.25, 0.3) is 0 Å². The number of nitrogen functional groups attached to an aromatic ring is 1. The zero-order valence-electron chi connectivity index (χ0n) is 10.8. The van der Waals surface area contributed by atoms with Crippen LogP contribution in [0.5, 0.6) is 0 Å². The molecule has 3 N–H and O–H groups in total. The molecule has 5 heteroatoms. The first kappa shape index (κ1) is 13.3. The van der Waals surface area contributed by atoms with Crippen molar-refractivity contribution in [1.29, 1.82) is 0 Å². The summed E-state index contributed by atoms with van der Waals surface area (Å²) >= 11 is 1.45. The van der Waals surface area contributed by atoms with Gasteiger partial charge in [-0.15, -0.1) is 0 Å². The van der Waals surface area contributed by atoms with Gasteiger partial charge >= 0.3 is 0 Å². The van der Waals surface area contributed by atoms with E-state index in [2.05, 4.69) is 27.9 Å². The Morgan fingerprint density at radius 1 is 1.58 bits per heavy atom. The quantitative estimate of drug-likeness (QED) is 0.828. The molecule has 98 valence electrons. The molecule has 0 radical (unpaired) electrons. The van der Waals surface area contributed by atoms with E-state index in [0.29, 0.717) is 5.13 Å². The molecule has 0 aromatic carbocycles. The number of allylic oxidation sites excluding steroid dienone is 6. The van der Waals surface area contributed by atoms with Crippen LogP contribution in [0.15, 0.2) is 53.5 Å². The molecule has 2 rings (SSSR count). The van der Waals surface area contributed by atoms with Gasteiger partial charge in [-0.05, 0) is 23.6 Å². The van der Waals surface area contributed by atoms with Crippen molar-refractivity contribution in [3.8, 4) is 0 Å². The van der Waals surface area contributed by atoms with E-state index in [0.717, 1.165) is 28.3 Å². The number of nitrogens with zero attached hydrogens (tertiary/aromatic N) is 2. The van der Waals surface area contributed by atoms with Crippen LogP contribution in [-0.4, -0.2) is 18.2 Å². The molecule has 0 saturated carbocycles. The highest BCUT2D eigenvalue weighted by Crippen LogP contribution is 2.24. The Kier molecular flexibility index (Phi) is 4.30. The maximum atomic E-state index is 5.64. The van der Waals surface area contributed by atoms with E-state index in [1.807, 2.05) is 25.4 Å². The average molecular weight is 272 g/mol. The van der Waals surface area contributed by atoms with Gasteiger partial charge in [0.2, 0.25) is 0 Å². The molecule has 0 unspecified atom stereocenters. The summed E-state index contributed by atoms with van der Waals surface area (Å²) in [6.45, 7) is 3.82. The first-order chi connectivity index (χ1) is 9.22. The van der Waals surface area contributed by atoms with Gasteiger partial charge < -0.3 is 11.1 Å². The smallest absolute Gasteiger partial charge is 0.180 e. The third-order valence-corrected chi connectivity index (χ3v) is 3.54. The topological polar surface area (TPSA) is 63.3 Å². The van der Waals surface area contributed by atoms with Gasteiger partial charge in [0.15, 0.2) is 5.13 Å². The molecule has 4 nitrogen and oxygen atoms in total. The first-order valence-corrected chi connectivity index (χ1v) is 6.71. The zero-order valence-corrected chi connectivity index (χ0v) is 11.6. The van der Waals surface area contributed by atoms with Crippen LogP contribution < -0.4 is 11.1 Å². The van der Waals surface area contributed by atoms with Crippen molar-refractivity contribution in [1.82, 2.24) is 10.3 Å². The summed E-state index contributed by atoms with van der Waals surface area (Å²) in [7, 11) is 1.86. The van der Waals surface area contributed by atoms with E-state index in [9.17, 15) is 0 Å². The average Bonchev–Trinajstić information content (AvgIpc) is 2.87.